The molecular weight excluding hydrogens is 252 g/mol. The van der Waals surface area contributed by atoms with Crippen LogP contribution in [-0.4, -0.2) is 35.0 Å². The lowest BCUT2D eigenvalue weighted by Gasteiger charge is -2.29. The number of benzene rings is 1. The number of aromatic hydroxyl groups is 1. The lowest BCUT2D eigenvalue weighted by atomic mass is 10.1. The molecule has 1 heterocycles. The first-order valence-electron chi connectivity index (χ1n) is 7.39. The van der Waals surface area contributed by atoms with Crippen molar-refractivity contribution >= 4 is 5.91 Å². The number of carbonyl (C=O) groups excluding carboxylic acids is 1. The monoisotopic (exact) mass is 276 g/mol. The molecule has 2 N–H and O–H groups in total. The van der Waals surface area contributed by atoms with Crippen LogP contribution in [0.25, 0.3) is 0 Å². The number of amides is 1. The van der Waals surface area contributed by atoms with Crippen LogP contribution in [0.15, 0.2) is 18.2 Å². The second-order valence-corrected chi connectivity index (χ2v) is 5.57. The third-order valence-corrected chi connectivity index (χ3v) is 3.96. The largest absolute Gasteiger partial charge is 0.507 e. The van der Waals surface area contributed by atoms with Crippen molar-refractivity contribution in [3.63, 3.8) is 0 Å². The van der Waals surface area contributed by atoms with Crippen molar-refractivity contribution in [1.29, 1.82) is 0 Å². The number of para-hydroxylation sites is 1. The van der Waals surface area contributed by atoms with Gasteiger partial charge in [0.2, 0.25) is 5.91 Å². The molecular formula is C16H24N2O2. The van der Waals surface area contributed by atoms with E-state index in [0.717, 1.165) is 37.1 Å². The van der Waals surface area contributed by atoms with Crippen molar-refractivity contribution < 1.29 is 9.90 Å². The molecule has 110 valence electrons. The zero-order valence-electron chi connectivity index (χ0n) is 12.4. The van der Waals surface area contributed by atoms with Crippen LogP contribution in [-0.2, 0) is 11.3 Å². The van der Waals surface area contributed by atoms with Gasteiger partial charge < -0.3 is 15.3 Å². The smallest absolute Gasteiger partial charge is 0.239 e. The average molecular weight is 276 g/mol. The van der Waals surface area contributed by atoms with E-state index in [0.29, 0.717) is 12.3 Å². The highest BCUT2D eigenvalue weighted by Gasteiger charge is 2.21. The number of phenolic OH excluding ortho intramolecular Hbond substituents is 1. The number of hydrogen-bond acceptors (Lipinski definition) is 3. The van der Waals surface area contributed by atoms with Gasteiger partial charge in [0.25, 0.3) is 0 Å². The molecule has 1 saturated heterocycles. The van der Waals surface area contributed by atoms with Crippen LogP contribution in [0.2, 0.25) is 0 Å². The predicted molar refractivity (Wildman–Crippen MR) is 79.6 cm³/mol. The normalized spacial score (nSPS) is 17.0. The zero-order chi connectivity index (χ0) is 14.5. The van der Waals surface area contributed by atoms with E-state index in [1.54, 1.807) is 0 Å². The fourth-order valence-electron chi connectivity index (χ4n) is 2.60. The Morgan fingerprint density at radius 1 is 1.35 bits per heavy atom. The third kappa shape index (κ3) is 3.51. The number of phenols is 1. The van der Waals surface area contributed by atoms with Crippen molar-refractivity contribution in [2.75, 3.05) is 13.1 Å². The number of likely N-dealkylation sites (tertiary alicyclic amines) is 1. The van der Waals surface area contributed by atoms with Gasteiger partial charge in [0.15, 0.2) is 0 Å². The van der Waals surface area contributed by atoms with Crippen LogP contribution in [0.4, 0.5) is 0 Å². The van der Waals surface area contributed by atoms with E-state index >= 15 is 0 Å². The number of hydrogen-bond donors (Lipinski definition) is 2. The van der Waals surface area contributed by atoms with Crippen LogP contribution in [0.3, 0.4) is 0 Å². The number of piperidine rings is 1. The van der Waals surface area contributed by atoms with Gasteiger partial charge in [-0.25, -0.2) is 0 Å². The molecule has 20 heavy (non-hydrogen) atoms. The van der Waals surface area contributed by atoms with E-state index in [1.807, 2.05) is 36.9 Å². The summed E-state index contributed by atoms with van der Waals surface area (Å²) in [6.07, 6.45) is 3.44. The van der Waals surface area contributed by atoms with Crippen LogP contribution in [0.5, 0.6) is 5.75 Å². The maximum absolute atomic E-state index is 12.3. The lowest BCUT2D eigenvalue weighted by Crippen LogP contribution is -2.46. The summed E-state index contributed by atoms with van der Waals surface area (Å²) in [5, 5.41) is 13.2. The molecule has 1 aromatic carbocycles. The average Bonchev–Trinajstić information content (AvgIpc) is 2.48. The predicted octanol–water partition coefficient (Wildman–Crippen LogP) is 2.19. The fourth-order valence-corrected chi connectivity index (χ4v) is 2.60. The van der Waals surface area contributed by atoms with Crippen molar-refractivity contribution in [1.82, 2.24) is 10.2 Å². The summed E-state index contributed by atoms with van der Waals surface area (Å²) in [5.41, 5.74) is 1.70. The Bertz CT molecular complexity index is 468. The molecule has 4 nitrogen and oxygen atoms in total. The van der Waals surface area contributed by atoms with Gasteiger partial charge in [0, 0.05) is 25.2 Å². The first kappa shape index (κ1) is 14.9. The highest BCUT2D eigenvalue weighted by Crippen LogP contribution is 2.21. The molecule has 2 rings (SSSR count). The van der Waals surface area contributed by atoms with Gasteiger partial charge in [-0.15, -0.1) is 0 Å². The Balaban J connectivity index is 1.89. The van der Waals surface area contributed by atoms with Crippen molar-refractivity contribution in [3.05, 3.63) is 29.3 Å². The molecule has 0 radical (unpaired) electrons. The minimum absolute atomic E-state index is 0.164. The second-order valence-electron chi connectivity index (χ2n) is 5.57. The van der Waals surface area contributed by atoms with Crippen LogP contribution in [0.1, 0.15) is 37.3 Å². The van der Waals surface area contributed by atoms with Gasteiger partial charge in [0.05, 0.1) is 6.04 Å². The van der Waals surface area contributed by atoms with E-state index in [-0.39, 0.29) is 11.9 Å². The first-order valence-corrected chi connectivity index (χ1v) is 7.39. The third-order valence-electron chi connectivity index (χ3n) is 3.96. The minimum Gasteiger partial charge on any atom is -0.507 e. The molecule has 1 fully saturated rings. The molecule has 1 aromatic rings. The summed E-state index contributed by atoms with van der Waals surface area (Å²) < 4.78 is 0. The Morgan fingerprint density at radius 2 is 2.05 bits per heavy atom. The lowest BCUT2D eigenvalue weighted by molar-refractivity contribution is -0.133. The van der Waals surface area contributed by atoms with Crippen LogP contribution < -0.4 is 5.32 Å². The molecule has 0 bridgehead atoms. The van der Waals surface area contributed by atoms with Gasteiger partial charge in [-0.1, -0.05) is 18.2 Å². The van der Waals surface area contributed by atoms with E-state index in [4.69, 9.17) is 0 Å². The van der Waals surface area contributed by atoms with Crippen molar-refractivity contribution in [3.8, 4) is 5.75 Å². The van der Waals surface area contributed by atoms with Gasteiger partial charge in [0.1, 0.15) is 5.75 Å². The summed E-state index contributed by atoms with van der Waals surface area (Å²) in [6.45, 7) is 6.03. The van der Waals surface area contributed by atoms with Gasteiger partial charge in [-0.2, -0.15) is 0 Å². The van der Waals surface area contributed by atoms with E-state index in [1.165, 1.54) is 6.42 Å². The Kier molecular flexibility index (Phi) is 5.01. The molecule has 1 unspecified atom stereocenters. The van der Waals surface area contributed by atoms with Crippen LogP contribution >= 0.6 is 0 Å². The van der Waals surface area contributed by atoms with Gasteiger partial charge in [-0.3, -0.25) is 4.79 Å². The summed E-state index contributed by atoms with van der Waals surface area (Å²) in [5.74, 6) is 0.481. The molecule has 1 amide bonds. The van der Waals surface area contributed by atoms with E-state index < -0.39 is 0 Å². The maximum Gasteiger partial charge on any atom is 0.239 e. The Labute approximate surface area is 120 Å². The SMILES string of the molecule is Cc1cccc(CNC(C)C(=O)N2CCCCC2)c1O. The fraction of sp³-hybridized carbons (Fsp3) is 0.562. The number of nitrogens with zero attached hydrogens (tertiary/aromatic N) is 1. The molecule has 0 saturated carbocycles. The molecule has 0 spiro atoms. The number of nitrogens with one attached hydrogen (secondary N) is 1. The molecule has 1 atom stereocenters. The quantitative estimate of drug-likeness (QED) is 0.886. The number of rotatable bonds is 4. The highest BCUT2D eigenvalue weighted by molar-refractivity contribution is 5.81. The van der Waals surface area contributed by atoms with Crippen molar-refractivity contribution in [2.45, 2.75) is 45.7 Å². The molecule has 0 aromatic heterocycles. The zero-order valence-corrected chi connectivity index (χ0v) is 12.4. The highest BCUT2D eigenvalue weighted by atomic mass is 16.3. The summed E-state index contributed by atoms with van der Waals surface area (Å²) >= 11 is 0. The molecule has 4 heteroatoms. The summed E-state index contributed by atoms with van der Waals surface area (Å²) in [6, 6.07) is 5.46. The summed E-state index contributed by atoms with van der Waals surface area (Å²) in [7, 11) is 0. The maximum atomic E-state index is 12.3. The standard InChI is InChI=1S/C16H24N2O2/c1-12-7-6-8-14(15(12)19)11-17-13(2)16(20)18-9-4-3-5-10-18/h6-8,13,17,19H,3-5,9-11H2,1-2H3. The summed E-state index contributed by atoms with van der Waals surface area (Å²) in [4.78, 5) is 14.2. The Morgan fingerprint density at radius 3 is 2.75 bits per heavy atom. The molecule has 1 aliphatic heterocycles. The Hall–Kier alpha value is -1.55. The molecule has 0 aliphatic carbocycles. The molecule has 1 aliphatic rings. The second kappa shape index (κ2) is 6.75. The number of carbonyl (C=O) groups is 1. The van der Waals surface area contributed by atoms with Gasteiger partial charge >= 0.3 is 0 Å². The van der Waals surface area contributed by atoms with E-state index in [9.17, 15) is 9.90 Å². The number of aryl methyl sites for hydroxylation is 1. The van der Waals surface area contributed by atoms with Crippen molar-refractivity contribution in [2.24, 2.45) is 0 Å². The minimum atomic E-state index is -0.215. The first-order chi connectivity index (χ1) is 9.59. The topological polar surface area (TPSA) is 52.6 Å². The van der Waals surface area contributed by atoms with Crippen LogP contribution in [0, 0.1) is 6.92 Å². The van der Waals surface area contributed by atoms with Gasteiger partial charge in [-0.05, 0) is 38.7 Å². The van der Waals surface area contributed by atoms with E-state index in [2.05, 4.69) is 5.32 Å².